The summed E-state index contributed by atoms with van der Waals surface area (Å²) in [6.07, 6.45) is 3.26. The highest BCUT2D eigenvalue weighted by molar-refractivity contribution is 7.13. The molecule has 6 nitrogen and oxygen atoms in total. The van der Waals surface area contributed by atoms with Crippen molar-refractivity contribution in [3.63, 3.8) is 0 Å². The minimum Gasteiger partial charge on any atom is -0.481 e. The van der Waals surface area contributed by atoms with Gasteiger partial charge in [0.25, 0.3) is 0 Å². The van der Waals surface area contributed by atoms with Crippen molar-refractivity contribution in [2.24, 2.45) is 5.41 Å². The zero-order chi connectivity index (χ0) is 14.8. The quantitative estimate of drug-likeness (QED) is 0.779. The van der Waals surface area contributed by atoms with Crippen LogP contribution in [0, 0.1) is 5.41 Å². The predicted molar refractivity (Wildman–Crippen MR) is 76.4 cm³/mol. The van der Waals surface area contributed by atoms with Gasteiger partial charge in [0, 0.05) is 11.4 Å². The molecule has 0 aliphatic heterocycles. The Bertz CT molecular complexity index is 517. The SMILES string of the molecule is CC1(C(=O)O)CCCCC1NC(=O)Cc1csc(N)n1. The number of carbonyl (C=O) groups is 2. The van der Waals surface area contributed by atoms with Crippen molar-refractivity contribution in [1.82, 2.24) is 10.3 Å². The summed E-state index contributed by atoms with van der Waals surface area (Å²) in [6.45, 7) is 1.71. The molecule has 1 heterocycles. The lowest BCUT2D eigenvalue weighted by atomic mass is 9.71. The van der Waals surface area contributed by atoms with Gasteiger partial charge in [0.1, 0.15) is 0 Å². The molecule has 2 unspecified atom stereocenters. The summed E-state index contributed by atoms with van der Waals surface area (Å²) in [5.74, 6) is -1.05. The molecule has 20 heavy (non-hydrogen) atoms. The standard InChI is InChI=1S/C13H19N3O3S/c1-13(11(18)19)5-3-2-4-9(13)16-10(17)6-8-7-20-12(14)15-8/h7,9H,2-6H2,1H3,(H2,14,15)(H,16,17)(H,18,19). The van der Waals surface area contributed by atoms with Gasteiger partial charge in [-0.05, 0) is 19.8 Å². The van der Waals surface area contributed by atoms with Crippen LogP contribution in [0.3, 0.4) is 0 Å². The maximum atomic E-state index is 12.0. The number of nitrogens with zero attached hydrogens (tertiary/aromatic N) is 1. The molecule has 1 aromatic heterocycles. The van der Waals surface area contributed by atoms with Crippen LogP contribution >= 0.6 is 11.3 Å². The molecule has 0 radical (unpaired) electrons. The van der Waals surface area contributed by atoms with Crippen molar-refractivity contribution in [2.75, 3.05) is 5.73 Å². The summed E-state index contributed by atoms with van der Waals surface area (Å²) in [5, 5.41) is 14.4. The zero-order valence-electron chi connectivity index (χ0n) is 11.4. The largest absolute Gasteiger partial charge is 0.481 e. The Morgan fingerprint density at radius 2 is 2.35 bits per heavy atom. The number of thiazole rings is 1. The molecule has 110 valence electrons. The molecule has 1 aliphatic carbocycles. The number of nitrogens with one attached hydrogen (secondary N) is 1. The third-order valence-corrected chi connectivity index (χ3v) is 4.67. The third kappa shape index (κ3) is 3.09. The highest BCUT2D eigenvalue weighted by Gasteiger charge is 2.43. The smallest absolute Gasteiger partial charge is 0.311 e. The van der Waals surface area contributed by atoms with E-state index in [9.17, 15) is 14.7 Å². The topological polar surface area (TPSA) is 105 Å². The fourth-order valence-electron chi connectivity index (χ4n) is 2.63. The second-order valence-corrected chi connectivity index (χ2v) is 6.33. The Labute approximate surface area is 121 Å². The zero-order valence-corrected chi connectivity index (χ0v) is 12.2. The van der Waals surface area contributed by atoms with Crippen LogP contribution in [-0.2, 0) is 16.0 Å². The third-order valence-electron chi connectivity index (χ3n) is 3.94. The normalized spacial score (nSPS) is 26.1. The van der Waals surface area contributed by atoms with E-state index in [-0.39, 0.29) is 18.4 Å². The number of rotatable bonds is 4. The van der Waals surface area contributed by atoms with Gasteiger partial charge < -0.3 is 16.2 Å². The van der Waals surface area contributed by atoms with E-state index in [1.165, 1.54) is 11.3 Å². The molecule has 0 bridgehead atoms. The van der Waals surface area contributed by atoms with E-state index in [4.69, 9.17) is 5.73 Å². The van der Waals surface area contributed by atoms with Crippen LogP contribution in [0.25, 0.3) is 0 Å². The summed E-state index contributed by atoms with van der Waals surface area (Å²) in [4.78, 5) is 27.5. The van der Waals surface area contributed by atoms with Gasteiger partial charge in [-0.25, -0.2) is 4.98 Å². The second-order valence-electron chi connectivity index (χ2n) is 5.44. The van der Waals surface area contributed by atoms with Crippen molar-refractivity contribution in [3.05, 3.63) is 11.1 Å². The maximum absolute atomic E-state index is 12.0. The first-order valence-corrected chi connectivity index (χ1v) is 7.52. The van der Waals surface area contributed by atoms with E-state index in [1.54, 1.807) is 12.3 Å². The molecule has 0 spiro atoms. The fourth-order valence-corrected chi connectivity index (χ4v) is 3.20. The first-order chi connectivity index (χ1) is 9.41. The number of aromatic nitrogens is 1. The summed E-state index contributed by atoms with van der Waals surface area (Å²) >= 11 is 1.29. The fraction of sp³-hybridized carbons (Fsp3) is 0.615. The molecule has 1 aromatic rings. The van der Waals surface area contributed by atoms with Crippen LogP contribution in [0.15, 0.2) is 5.38 Å². The molecular weight excluding hydrogens is 278 g/mol. The van der Waals surface area contributed by atoms with E-state index in [0.29, 0.717) is 23.7 Å². The van der Waals surface area contributed by atoms with Gasteiger partial charge in [-0.3, -0.25) is 9.59 Å². The number of nitrogens with two attached hydrogens (primary N) is 1. The molecule has 1 amide bonds. The van der Waals surface area contributed by atoms with Gasteiger partial charge in [-0.15, -0.1) is 11.3 Å². The Morgan fingerprint density at radius 1 is 1.60 bits per heavy atom. The molecule has 7 heteroatoms. The molecule has 1 aliphatic rings. The van der Waals surface area contributed by atoms with E-state index >= 15 is 0 Å². The lowest BCUT2D eigenvalue weighted by Crippen LogP contribution is -2.52. The lowest BCUT2D eigenvalue weighted by molar-refractivity contribution is -0.152. The number of carboxylic acid groups (broad SMARTS) is 1. The van der Waals surface area contributed by atoms with Gasteiger partial charge in [0.15, 0.2) is 5.13 Å². The summed E-state index contributed by atoms with van der Waals surface area (Å²) < 4.78 is 0. The minimum atomic E-state index is -0.880. The average molecular weight is 297 g/mol. The van der Waals surface area contributed by atoms with Crippen molar-refractivity contribution in [3.8, 4) is 0 Å². The minimum absolute atomic E-state index is 0.139. The van der Waals surface area contributed by atoms with Crippen molar-refractivity contribution < 1.29 is 14.7 Å². The number of anilines is 1. The van der Waals surface area contributed by atoms with E-state index in [2.05, 4.69) is 10.3 Å². The first kappa shape index (κ1) is 14.8. The van der Waals surface area contributed by atoms with Gasteiger partial charge in [0.05, 0.1) is 17.5 Å². The van der Waals surface area contributed by atoms with Gasteiger partial charge in [-0.2, -0.15) is 0 Å². The number of hydrogen-bond donors (Lipinski definition) is 3. The van der Waals surface area contributed by atoms with E-state index in [0.717, 1.165) is 12.8 Å². The number of carbonyl (C=O) groups excluding carboxylic acids is 1. The molecule has 0 aromatic carbocycles. The Kier molecular flexibility index (Phi) is 4.27. The van der Waals surface area contributed by atoms with Crippen LogP contribution in [-0.4, -0.2) is 28.0 Å². The maximum Gasteiger partial charge on any atom is 0.311 e. The molecule has 2 atom stereocenters. The van der Waals surface area contributed by atoms with Crippen LogP contribution in [0.4, 0.5) is 5.13 Å². The van der Waals surface area contributed by atoms with E-state index < -0.39 is 11.4 Å². The van der Waals surface area contributed by atoms with Crippen LogP contribution < -0.4 is 11.1 Å². The molecule has 4 N–H and O–H groups in total. The Morgan fingerprint density at radius 3 is 2.95 bits per heavy atom. The van der Waals surface area contributed by atoms with Crippen LogP contribution in [0.5, 0.6) is 0 Å². The lowest BCUT2D eigenvalue weighted by Gasteiger charge is -2.38. The number of amides is 1. The molecule has 0 saturated heterocycles. The summed E-state index contributed by atoms with van der Waals surface area (Å²) in [6, 6.07) is -0.322. The first-order valence-electron chi connectivity index (χ1n) is 6.64. The number of carboxylic acids is 1. The van der Waals surface area contributed by atoms with Gasteiger partial charge >= 0.3 is 5.97 Å². The Hall–Kier alpha value is -1.63. The van der Waals surface area contributed by atoms with Gasteiger partial charge in [0.2, 0.25) is 5.91 Å². The molecule has 1 fully saturated rings. The van der Waals surface area contributed by atoms with E-state index in [1.807, 2.05) is 0 Å². The summed E-state index contributed by atoms with van der Waals surface area (Å²) in [5.41, 5.74) is 5.26. The van der Waals surface area contributed by atoms with Crippen molar-refractivity contribution in [2.45, 2.75) is 45.1 Å². The average Bonchev–Trinajstić information content (AvgIpc) is 2.77. The predicted octanol–water partition coefficient (Wildman–Crippen LogP) is 1.42. The number of aliphatic carboxylic acids is 1. The van der Waals surface area contributed by atoms with Gasteiger partial charge in [-0.1, -0.05) is 12.8 Å². The second kappa shape index (κ2) is 5.78. The van der Waals surface area contributed by atoms with Crippen molar-refractivity contribution in [1.29, 1.82) is 0 Å². The molecular formula is C13H19N3O3S. The highest BCUT2D eigenvalue weighted by atomic mass is 32.1. The Balaban J connectivity index is 2.00. The van der Waals surface area contributed by atoms with Crippen molar-refractivity contribution >= 4 is 28.3 Å². The summed E-state index contributed by atoms with van der Waals surface area (Å²) in [7, 11) is 0. The molecule has 2 rings (SSSR count). The van der Waals surface area contributed by atoms with Crippen LogP contribution in [0.1, 0.15) is 38.3 Å². The highest BCUT2D eigenvalue weighted by Crippen LogP contribution is 2.36. The number of hydrogen-bond acceptors (Lipinski definition) is 5. The monoisotopic (exact) mass is 297 g/mol. The number of nitrogen functional groups attached to an aromatic ring is 1. The molecule has 1 saturated carbocycles. The van der Waals surface area contributed by atoms with Crippen LogP contribution in [0.2, 0.25) is 0 Å².